The van der Waals surface area contributed by atoms with Crippen molar-refractivity contribution >= 4 is 5.96 Å². The first-order chi connectivity index (χ1) is 10.8. The summed E-state index contributed by atoms with van der Waals surface area (Å²) >= 11 is 0. The zero-order valence-corrected chi connectivity index (χ0v) is 13.4. The van der Waals surface area contributed by atoms with Gasteiger partial charge in [-0.1, -0.05) is 32.1 Å². The molecule has 6 nitrogen and oxygen atoms in total. The van der Waals surface area contributed by atoms with Crippen LogP contribution in [0.3, 0.4) is 0 Å². The van der Waals surface area contributed by atoms with E-state index in [1.807, 2.05) is 0 Å². The maximum Gasteiger partial charge on any atom is 0.189 e. The molecule has 1 aromatic rings. The maximum absolute atomic E-state index is 6.06. The summed E-state index contributed by atoms with van der Waals surface area (Å²) in [5.74, 6) is 2.61. The van der Waals surface area contributed by atoms with Crippen LogP contribution < -0.4 is 11.1 Å². The van der Waals surface area contributed by atoms with E-state index in [9.17, 15) is 0 Å². The SMILES string of the molecule is NC(=NCc1nnc2n1CCCCC2)NC1CCCCCC1. The van der Waals surface area contributed by atoms with Gasteiger partial charge >= 0.3 is 0 Å². The molecule has 0 atom stereocenters. The van der Waals surface area contributed by atoms with Gasteiger partial charge in [-0.05, 0) is 25.7 Å². The molecule has 0 bridgehead atoms. The van der Waals surface area contributed by atoms with E-state index in [0.717, 1.165) is 24.6 Å². The van der Waals surface area contributed by atoms with E-state index in [-0.39, 0.29) is 0 Å². The van der Waals surface area contributed by atoms with E-state index >= 15 is 0 Å². The minimum absolute atomic E-state index is 0.488. The number of aromatic nitrogens is 3. The van der Waals surface area contributed by atoms with Crippen LogP contribution in [0.1, 0.15) is 69.4 Å². The van der Waals surface area contributed by atoms with Crippen molar-refractivity contribution in [2.45, 2.75) is 83.3 Å². The molecule has 0 saturated heterocycles. The minimum Gasteiger partial charge on any atom is -0.370 e. The van der Waals surface area contributed by atoms with Gasteiger partial charge in [0.2, 0.25) is 0 Å². The summed E-state index contributed by atoms with van der Waals surface area (Å²) in [6, 6.07) is 0.488. The number of nitrogens with two attached hydrogens (primary N) is 1. The summed E-state index contributed by atoms with van der Waals surface area (Å²) in [6.07, 6.45) is 12.4. The standard InChI is InChI=1S/C16H28N6/c17-16(19-13-8-4-1-2-5-9-13)18-12-15-21-20-14-10-6-3-7-11-22(14)15/h13H,1-12H2,(H3,17,18,19). The van der Waals surface area contributed by atoms with Gasteiger partial charge in [-0.2, -0.15) is 0 Å². The molecule has 3 rings (SSSR count). The normalized spacial score (nSPS) is 21.0. The molecule has 0 spiro atoms. The van der Waals surface area contributed by atoms with Crippen LogP contribution in [0.15, 0.2) is 4.99 Å². The molecule has 1 fully saturated rings. The van der Waals surface area contributed by atoms with Crippen molar-refractivity contribution in [1.82, 2.24) is 20.1 Å². The Morgan fingerprint density at radius 2 is 1.86 bits per heavy atom. The molecular weight excluding hydrogens is 276 g/mol. The predicted molar refractivity (Wildman–Crippen MR) is 87.5 cm³/mol. The third-order valence-corrected chi connectivity index (χ3v) is 4.78. The number of aryl methyl sites for hydroxylation is 1. The van der Waals surface area contributed by atoms with Crippen LogP contribution in [0.2, 0.25) is 0 Å². The molecule has 122 valence electrons. The first kappa shape index (κ1) is 15.3. The lowest BCUT2D eigenvalue weighted by Gasteiger charge is -2.16. The lowest BCUT2D eigenvalue weighted by molar-refractivity contribution is 0.529. The highest BCUT2D eigenvalue weighted by Gasteiger charge is 2.15. The summed E-state index contributed by atoms with van der Waals surface area (Å²) in [7, 11) is 0. The summed E-state index contributed by atoms with van der Waals surface area (Å²) in [4.78, 5) is 4.49. The van der Waals surface area contributed by atoms with Gasteiger partial charge in [0.1, 0.15) is 12.4 Å². The second-order valence-electron chi connectivity index (χ2n) is 6.53. The summed E-state index contributed by atoms with van der Waals surface area (Å²) in [6.45, 7) is 1.54. The van der Waals surface area contributed by atoms with Crippen molar-refractivity contribution in [2.75, 3.05) is 0 Å². The number of aliphatic imine (C=N–C) groups is 1. The number of hydrogen-bond acceptors (Lipinski definition) is 3. The number of nitrogens with zero attached hydrogens (tertiary/aromatic N) is 4. The van der Waals surface area contributed by atoms with Crippen molar-refractivity contribution in [2.24, 2.45) is 10.7 Å². The fraction of sp³-hybridized carbons (Fsp3) is 0.812. The molecule has 0 unspecified atom stereocenters. The molecule has 1 aliphatic heterocycles. The summed E-state index contributed by atoms with van der Waals surface area (Å²) in [5.41, 5.74) is 6.06. The molecule has 1 saturated carbocycles. The molecule has 2 aliphatic rings. The third-order valence-electron chi connectivity index (χ3n) is 4.78. The van der Waals surface area contributed by atoms with E-state index in [0.29, 0.717) is 18.5 Å². The van der Waals surface area contributed by atoms with Gasteiger partial charge in [-0.3, -0.25) is 0 Å². The van der Waals surface area contributed by atoms with Gasteiger partial charge in [0, 0.05) is 19.0 Å². The fourth-order valence-corrected chi connectivity index (χ4v) is 3.50. The van der Waals surface area contributed by atoms with Gasteiger partial charge in [0.25, 0.3) is 0 Å². The Hall–Kier alpha value is -1.59. The maximum atomic E-state index is 6.06. The number of fused-ring (bicyclic) bond motifs is 1. The highest BCUT2D eigenvalue weighted by atomic mass is 15.3. The molecule has 22 heavy (non-hydrogen) atoms. The molecule has 0 radical (unpaired) electrons. The zero-order valence-electron chi connectivity index (χ0n) is 13.4. The Morgan fingerprint density at radius 3 is 2.68 bits per heavy atom. The Bertz CT molecular complexity index is 499. The van der Waals surface area contributed by atoms with Crippen molar-refractivity contribution in [3.8, 4) is 0 Å². The molecule has 3 N–H and O–H groups in total. The topological polar surface area (TPSA) is 81.1 Å². The average Bonchev–Trinajstić information content (AvgIpc) is 2.73. The Morgan fingerprint density at radius 1 is 1.09 bits per heavy atom. The van der Waals surface area contributed by atoms with Crippen molar-refractivity contribution in [3.63, 3.8) is 0 Å². The molecule has 6 heteroatoms. The second kappa shape index (κ2) is 7.61. The average molecular weight is 304 g/mol. The molecule has 1 aliphatic carbocycles. The lowest BCUT2D eigenvalue weighted by atomic mass is 10.1. The van der Waals surface area contributed by atoms with Crippen LogP contribution in [-0.2, 0) is 19.5 Å². The molecule has 2 heterocycles. The van der Waals surface area contributed by atoms with Gasteiger partial charge in [0.05, 0.1) is 0 Å². The highest BCUT2D eigenvalue weighted by molar-refractivity contribution is 5.78. The van der Waals surface area contributed by atoms with E-state index < -0.39 is 0 Å². The number of guanidine groups is 1. The van der Waals surface area contributed by atoms with Crippen LogP contribution in [-0.4, -0.2) is 26.8 Å². The second-order valence-corrected chi connectivity index (χ2v) is 6.53. The Kier molecular flexibility index (Phi) is 5.29. The van der Waals surface area contributed by atoms with Crippen molar-refractivity contribution in [1.29, 1.82) is 0 Å². The van der Waals surface area contributed by atoms with Crippen LogP contribution >= 0.6 is 0 Å². The smallest absolute Gasteiger partial charge is 0.189 e. The van der Waals surface area contributed by atoms with E-state index in [1.54, 1.807) is 0 Å². The fourth-order valence-electron chi connectivity index (χ4n) is 3.50. The summed E-state index contributed by atoms with van der Waals surface area (Å²) in [5, 5.41) is 12.0. The number of nitrogens with one attached hydrogen (secondary N) is 1. The van der Waals surface area contributed by atoms with E-state index in [2.05, 4.69) is 25.1 Å². The zero-order chi connectivity index (χ0) is 15.2. The first-order valence-corrected chi connectivity index (χ1v) is 8.80. The van der Waals surface area contributed by atoms with Crippen LogP contribution in [0.25, 0.3) is 0 Å². The van der Waals surface area contributed by atoms with Gasteiger partial charge in [-0.25, -0.2) is 4.99 Å². The first-order valence-electron chi connectivity index (χ1n) is 8.80. The lowest BCUT2D eigenvalue weighted by Crippen LogP contribution is -2.39. The Labute approximate surface area is 132 Å². The van der Waals surface area contributed by atoms with Gasteiger partial charge in [0.15, 0.2) is 11.8 Å². The number of hydrogen-bond donors (Lipinski definition) is 2. The van der Waals surface area contributed by atoms with Crippen LogP contribution in [0.4, 0.5) is 0 Å². The largest absolute Gasteiger partial charge is 0.370 e. The van der Waals surface area contributed by atoms with Gasteiger partial charge < -0.3 is 15.6 Å². The quantitative estimate of drug-likeness (QED) is 0.509. The Balaban J connectivity index is 1.57. The molecule has 0 amide bonds. The minimum atomic E-state index is 0.488. The number of rotatable bonds is 3. The third kappa shape index (κ3) is 3.99. The van der Waals surface area contributed by atoms with Crippen molar-refractivity contribution < 1.29 is 0 Å². The van der Waals surface area contributed by atoms with E-state index in [1.165, 1.54) is 57.8 Å². The summed E-state index contributed by atoms with van der Waals surface area (Å²) < 4.78 is 2.23. The van der Waals surface area contributed by atoms with Crippen LogP contribution in [0, 0.1) is 0 Å². The monoisotopic (exact) mass is 304 g/mol. The molecule has 0 aromatic carbocycles. The van der Waals surface area contributed by atoms with Gasteiger partial charge in [-0.15, -0.1) is 10.2 Å². The van der Waals surface area contributed by atoms with Crippen LogP contribution in [0.5, 0.6) is 0 Å². The van der Waals surface area contributed by atoms with Crippen molar-refractivity contribution in [3.05, 3.63) is 11.6 Å². The molecular formula is C16H28N6. The van der Waals surface area contributed by atoms with E-state index in [4.69, 9.17) is 5.73 Å². The molecule has 1 aromatic heterocycles. The predicted octanol–water partition coefficient (Wildman–Crippen LogP) is 2.13. The highest BCUT2D eigenvalue weighted by Crippen LogP contribution is 2.17.